The van der Waals surface area contributed by atoms with Crippen LogP contribution < -0.4 is 10.2 Å². The van der Waals surface area contributed by atoms with Crippen LogP contribution in [-0.4, -0.2) is 64.6 Å². The molecule has 2 aliphatic rings. The van der Waals surface area contributed by atoms with Gasteiger partial charge in [0.1, 0.15) is 5.60 Å². The number of ether oxygens (including phenoxy) is 2. The zero-order valence-electron chi connectivity index (χ0n) is 19.2. The van der Waals surface area contributed by atoms with Gasteiger partial charge in [-0.25, -0.2) is 14.8 Å². The topological polar surface area (TPSA) is 83.0 Å². The minimum absolute atomic E-state index is 0.220. The van der Waals surface area contributed by atoms with E-state index in [1.807, 2.05) is 48.5 Å². The highest BCUT2D eigenvalue weighted by atomic mass is 16.7. The SMILES string of the molecule is CC(C)(C)OC(=O)N1CCC[C@@H](COc2ncc(B3OC(C)(C)C(C)(C)O3)cn2)C1. The van der Waals surface area contributed by atoms with Gasteiger partial charge in [0.25, 0.3) is 0 Å². The first-order valence-corrected chi connectivity index (χ1v) is 10.6. The molecule has 0 aromatic carbocycles. The second kappa shape index (κ2) is 8.34. The standard InChI is InChI=1S/C21H34BN3O5/c1-19(2,3)28-18(26)25-10-8-9-15(13-25)14-27-17-23-11-16(12-24-17)22-29-20(4,5)21(6,7)30-22/h11-12,15H,8-10,13-14H2,1-7H3/t15-/m1/s1. The molecule has 0 N–H and O–H groups in total. The molecule has 1 aromatic rings. The van der Waals surface area contributed by atoms with Crippen LogP contribution in [0.2, 0.25) is 0 Å². The van der Waals surface area contributed by atoms with E-state index in [9.17, 15) is 4.79 Å². The number of rotatable bonds is 4. The summed E-state index contributed by atoms with van der Waals surface area (Å²) in [5.74, 6) is 0.220. The number of amides is 1. The highest BCUT2D eigenvalue weighted by Crippen LogP contribution is 2.36. The molecule has 3 heterocycles. The molecule has 1 atom stereocenters. The predicted molar refractivity (Wildman–Crippen MR) is 114 cm³/mol. The van der Waals surface area contributed by atoms with Gasteiger partial charge in [-0.2, -0.15) is 0 Å². The van der Waals surface area contributed by atoms with Crippen LogP contribution in [0.4, 0.5) is 4.79 Å². The molecular weight excluding hydrogens is 385 g/mol. The van der Waals surface area contributed by atoms with Crippen molar-refractivity contribution in [3.63, 3.8) is 0 Å². The zero-order chi connectivity index (χ0) is 22.2. The number of hydrogen-bond acceptors (Lipinski definition) is 7. The number of likely N-dealkylation sites (tertiary alicyclic amines) is 1. The minimum Gasteiger partial charge on any atom is -0.463 e. The van der Waals surface area contributed by atoms with Gasteiger partial charge in [-0.05, 0) is 61.3 Å². The van der Waals surface area contributed by atoms with Crippen molar-refractivity contribution >= 4 is 18.7 Å². The Morgan fingerprint density at radius 2 is 1.80 bits per heavy atom. The van der Waals surface area contributed by atoms with Crippen molar-refractivity contribution in [2.75, 3.05) is 19.7 Å². The summed E-state index contributed by atoms with van der Waals surface area (Å²) in [6, 6.07) is 0.310. The first-order valence-electron chi connectivity index (χ1n) is 10.6. The molecule has 2 fully saturated rings. The van der Waals surface area contributed by atoms with E-state index in [2.05, 4.69) is 9.97 Å². The van der Waals surface area contributed by atoms with Gasteiger partial charge in [0.05, 0.1) is 17.8 Å². The maximum Gasteiger partial charge on any atom is 0.498 e. The number of hydrogen-bond donors (Lipinski definition) is 0. The van der Waals surface area contributed by atoms with Crippen LogP contribution in [0, 0.1) is 5.92 Å². The first kappa shape index (κ1) is 22.8. The Kier molecular flexibility index (Phi) is 6.34. The lowest BCUT2D eigenvalue weighted by atomic mass is 9.81. The Hall–Kier alpha value is -1.87. The van der Waals surface area contributed by atoms with E-state index in [0.717, 1.165) is 18.3 Å². The van der Waals surface area contributed by atoms with Crippen LogP contribution in [-0.2, 0) is 14.0 Å². The fourth-order valence-corrected chi connectivity index (χ4v) is 3.39. The maximum atomic E-state index is 12.3. The molecule has 0 radical (unpaired) electrons. The summed E-state index contributed by atoms with van der Waals surface area (Å²) >= 11 is 0. The number of aromatic nitrogens is 2. The molecular formula is C21H34BN3O5. The first-order chi connectivity index (χ1) is 13.9. The molecule has 0 unspecified atom stereocenters. The third kappa shape index (κ3) is 5.43. The smallest absolute Gasteiger partial charge is 0.463 e. The van der Waals surface area contributed by atoms with Crippen LogP contribution in [0.3, 0.4) is 0 Å². The molecule has 1 amide bonds. The second-order valence-corrected chi connectivity index (χ2v) is 10.1. The van der Waals surface area contributed by atoms with Crippen LogP contribution in [0.25, 0.3) is 0 Å². The third-order valence-electron chi connectivity index (χ3n) is 5.79. The quantitative estimate of drug-likeness (QED) is 0.694. The summed E-state index contributed by atoms with van der Waals surface area (Å²) in [7, 11) is -0.496. The molecule has 30 heavy (non-hydrogen) atoms. The summed E-state index contributed by atoms with van der Waals surface area (Å²) in [5.41, 5.74) is -0.552. The van der Waals surface area contributed by atoms with E-state index < -0.39 is 23.9 Å². The van der Waals surface area contributed by atoms with Gasteiger partial charge in [0.15, 0.2) is 0 Å². The summed E-state index contributed by atoms with van der Waals surface area (Å²) in [4.78, 5) is 22.7. The van der Waals surface area contributed by atoms with Crippen molar-refractivity contribution in [1.82, 2.24) is 14.9 Å². The van der Waals surface area contributed by atoms with E-state index in [1.165, 1.54) is 0 Å². The summed E-state index contributed by atoms with van der Waals surface area (Å²) in [6.07, 6.45) is 5.01. The fraction of sp³-hybridized carbons (Fsp3) is 0.762. The van der Waals surface area contributed by atoms with E-state index in [1.54, 1.807) is 17.3 Å². The lowest BCUT2D eigenvalue weighted by Crippen LogP contribution is -2.44. The van der Waals surface area contributed by atoms with Gasteiger partial charge < -0.3 is 23.7 Å². The molecule has 9 heteroatoms. The average molecular weight is 419 g/mol. The van der Waals surface area contributed by atoms with Gasteiger partial charge in [0.2, 0.25) is 0 Å². The lowest BCUT2D eigenvalue weighted by Gasteiger charge is -2.33. The highest BCUT2D eigenvalue weighted by molar-refractivity contribution is 6.61. The van der Waals surface area contributed by atoms with Crippen LogP contribution in [0.15, 0.2) is 12.4 Å². The molecule has 2 aliphatic heterocycles. The Bertz CT molecular complexity index is 732. The molecule has 8 nitrogen and oxygen atoms in total. The van der Waals surface area contributed by atoms with Crippen molar-refractivity contribution < 1.29 is 23.6 Å². The lowest BCUT2D eigenvalue weighted by molar-refractivity contribution is 0.00578. The Morgan fingerprint density at radius 1 is 1.20 bits per heavy atom. The minimum atomic E-state index is -0.496. The Labute approximate surface area is 179 Å². The normalized spacial score (nSPS) is 23.4. The van der Waals surface area contributed by atoms with Gasteiger partial charge in [0, 0.05) is 36.9 Å². The largest absolute Gasteiger partial charge is 0.498 e. The molecule has 0 spiro atoms. The number of carbonyl (C=O) groups is 1. The second-order valence-electron chi connectivity index (χ2n) is 10.1. The molecule has 0 bridgehead atoms. The van der Waals surface area contributed by atoms with Crippen LogP contribution in [0.5, 0.6) is 6.01 Å². The van der Waals surface area contributed by atoms with E-state index in [0.29, 0.717) is 25.7 Å². The fourth-order valence-electron chi connectivity index (χ4n) is 3.39. The highest BCUT2D eigenvalue weighted by Gasteiger charge is 2.52. The zero-order valence-corrected chi connectivity index (χ0v) is 19.2. The number of nitrogens with zero attached hydrogens (tertiary/aromatic N) is 3. The Balaban J connectivity index is 1.51. The van der Waals surface area contributed by atoms with E-state index in [4.69, 9.17) is 18.8 Å². The van der Waals surface area contributed by atoms with Gasteiger partial charge >= 0.3 is 19.2 Å². The van der Waals surface area contributed by atoms with Crippen molar-refractivity contribution in [3.8, 4) is 6.01 Å². The molecule has 2 saturated heterocycles. The molecule has 0 saturated carbocycles. The molecule has 166 valence electrons. The van der Waals surface area contributed by atoms with Crippen molar-refractivity contribution in [2.45, 2.75) is 78.1 Å². The monoisotopic (exact) mass is 419 g/mol. The summed E-state index contributed by atoms with van der Waals surface area (Å²) < 4.78 is 23.3. The van der Waals surface area contributed by atoms with Crippen LogP contribution in [0.1, 0.15) is 61.3 Å². The van der Waals surface area contributed by atoms with E-state index in [-0.39, 0.29) is 12.0 Å². The van der Waals surface area contributed by atoms with Crippen molar-refractivity contribution in [2.24, 2.45) is 5.92 Å². The summed E-state index contributed by atoms with van der Waals surface area (Å²) in [6.45, 7) is 15.4. The van der Waals surface area contributed by atoms with Crippen LogP contribution >= 0.6 is 0 Å². The molecule has 1 aromatic heterocycles. The maximum absolute atomic E-state index is 12.3. The Morgan fingerprint density at radius 3 is 2.37 bits per heavy atom. The van der Waals surface area contributed by atoms with Gasteiger partial charge in [-0.1, -0.05) is 0 Å². The van der Waals surface area contributed by atoms with E-state index >= 15 is 0 Å². The molecule has 0 aliphatic carbocycles. The van der Waals surface area contributed by atoms with Crippen molar-refractivity contribution in [1.29, 1.82) is 0 Å². The molecule has 3 rings (SSSR count). The summed E-state index contributed by atoms with van der Waals surface area (Å²) in [5, 5.41) is 0. The van der Waals surface area contributed by atoms with Gasteiger partial charge in [-0.15, -0.1) is 0 Å². The average Bonchev–Trinajstić information content (AvgIpc) is 2.87. The number of carbonyl (C=O) groups excluding carboxylic acids is 1. The third-order valence-corrected chi connectivity index (χ3v) is 5.79. The number of piperidine rings is 1. The van der Waals surface area contributed by atoms with Gasteiger partial charge in [-0.3, -0.25) is 0 Å². The predicted octanol–water partition coefficient (Wildman–Crippen LogP) is 2.80. The van der Waals surface area contributed by atoms with Crippen molar-refractivity contribution in [3.05, 3.63) is 12.4 Å².